The van der Waals surface area contributed by atoms with Crippen LogP contribution in [0.1, 0.15) is 49.7 Å². The van der Waals surface area contributed by atoms with Crippen LogP contribution < -0.4 is 10.6 Å². The molecule has 0 saturated heterocycles. The van der Waals surface area contributed by atoms with Gasteiger partial charge in [-0.05, 0) is 68.6 Å². The van der Waals surface area contributed by atoms with Crippen LogP contribution in [0.4, 0.5) is 5.69 Å². The molecule has 1 saturated carbocycles. The SMILES string of the molecule is Cc1ccc(NC(=S)NCCCOC2CCCCC2)cc1C. The van der Waals surface area contributed by atoms with Crippen LogP contribution in [0.15, 0.2) is 18.2 Å². The quantitative estimate of drug-likeness (QED) is 0.604. The van der Waals surface area contributed by atoms with Crippen molar-refractivity contribution >= 4 is 23.0 Å². The molecule has 1 aliphatic rings. The molecular weight excluding hydrogens is 292 g/mol. The standard InChI is InChI=1S/C18H28N2OS/c1-14-9-10-16(13-15(14)2)20-18(22)19-11-6-12-21-17-7-4-3-5-8-17/h9-10,13,17H,3-8,11-12H2,1-2H3,(H2,19,20,22). The molecule has 1 aromatic rings. The molecule has 122 valence electrons. The highest BCUT2D eigenvalue weighted by Gasteiger charge is 2.12. The van der Waals surface area contributed by atoms with E-state index in [0.29, 0.717) is 11.2 Å². The van der Waals surface area contributed by atoms with Gasteiger partial charge in [-0.1, -0.05) is 25.3 Å². The van der Waals surface area contributed by atoms with Crippen LogP contribution in [0.2, 0.25) is 0 Å². The molecule has 4 heteroatoms. The molecule has 1 aliphatic carbocycles. The van der Waals surface area contributed by atoms with Crippen LogP contribution in [-0.2, 0) is 4.74 Å². The van der Waals surface area contributed by atoms with Crippen LogP contribution in [0, 0.1) is 13.8 Å². The van der Waals surface area contributed by atoms with Gasteiger partial charge in [-0.15, -0.1) is 0 Å². The maximum atomic E-state index is 5.91. The van der Waals surface area contributed by atoms with Gasteiger partial charge in [0.2, 0.25) is 0 Å². The summed E-state index contributed by atoms with van der Waals surface area (Å²) in [6, 6.07) is 6.29. The summed E-state index contributed by atoms with van der Waals surface area (Å²) in [5, 5.41) is 7.15. The highest BCUT2D eigenvalue weighted by Crippen LogP contribution is 2.20. The van der Waals surface area contributed by atoms with Crippen molar-refractivity contribution in [1.82, 2.24) is 5.32 Å². The van der Waals surface area contributed by atoms with Crippen molar-refractivity contribution in [1.29, 1.82) is 0 Å². The molecule has 0 heterocycles. The van der Waals surface area contributed by atoms with Gasteiger partial charge in [0.15, 0.2) is 5.11 Å². The van der Waals surface area contributed by atoms with Gasteiger partial charge < -0.3 is 15.4 Å². The molecule has 0 spiro atoms. The van der Waals surface area contributed by atoms with E-state index in [4.69, 9.17) is 17.0 Å². The van der Waals surface area contributed by atoms with Gasteiger partial charge >= 0.3 is 0 Å². The highest BCUT2D eigenvalue weighted by molar-refractivity contribution is 7.80. The molecule has 1 aromatic carbocycles. The first-order valence-corrected chi connectivity index (χ1v) is 8.79. The normalized spacial score (nSPS) is 15.5. The third-order valence-electron chi connectivity index (χ3n) is 4.28. The number of rotatable bonds is 6. The first-order chi connectivity index (χ1) is 10.6. The lowest BCUT2D eigenvalue weighted by Crippen LogP contribution is -2.30. The molecule has 2 N–H and O–H groups in total. The summed E-state index contributed by atoms with van der Waals surface area (Å²) in [6.45, 7) is 5.90. The number of nitrogens with one attached hydrogen (secondary N) is 2. The predicted molar refractivity (Wildman–Crippen MR) is 97.6 cm³/mol. The van der Waals surface area contributed by atoms with Gasteiger partial charge in [0.05, 0.1) is 6.10 Å². The summed E-state index contributed by atoms with van der Waals surface area (Å²) in [7, 11) is 0. The predicted octanol–water partition coefficient (Wildman–Crippen LogP) is 4.33. The van der Waals surface area contributed by atoms with E-state index < -0.39 is 0 Å². The zero-order chi connectivity index (χ0) is 15.8. The highest BCUT2D eigenvalue weighted by atomic mass is 32.1. The minimum absolute atomic E-state index is 0.495. The Labute approximate surface area is 139 Å². The van der Waals surface area contributed by atoms with Gasteiger partial charge in [-0.2, -0.15) is 0 Å². The minimum atomic E-state index is 0.495. The summed E-state index contributed by atoms with van der Waals surface area (Å²) < 4.78 is 5.91. The zero-order valence-corrected chi connectivity index (χ0v) is 14.6. The Balaban J connectivity index is 1.58. The second-order valence-electron chi connectivity index (χ2n) is 6.16. The maximum absolute atomic E-state index is 5.91. The topological polar surface area (TPSA) is 33.3 Å². The molecule has 1 fully saturated rings. The van der Waals surface area contributed by atoms with E-state index in [0.717, 1.165) is 25.3 Å². The van der Waals surface area contributed by atoms with Crippen molar-refractivity contribution < 1.29 is 4.74 Å². The van der Waals surface area contributed by atoms with E-state index in [-0.39, 0.29) is 0 Å². The molecule has 2 rings (SSSR count). The van der Waals surface area contributed by atoms with Crippen LogP contribution in [-0.4, -0.2) is 24.4 Å². The first-order valence-electron chi connectivity index (χ1n) is 8.39. The van der Waals surface area contributed by atoms with Crippen LogP contribution in [0.5, 0.6) is 0 Å². The molecular formula is C18H28N2OS. The van der Waals surface area contributed by atoms with Gasteiger partial charge in [-0.25, -0.2) is 0 Å². The Morgan fingerprint density at radius 1 is 1.18 bits per heavy atom. The fraction of sp³-hybridized carbons (Fsp3) is 0.611. The van der Waals surface area contributed by atoms with E-state index in [1.54, 1.807) is 0 Å². The number of anilines is 1. The fourth-order valence-corrected chi connectivity index (χ4v) is 2.97. The van der Waals surface area contributed by atoms with Crippen molar-refractivity contribution in [3.05, 3.63) is 29.3 Å². The first kappa shape index (κ1) is 17.2. The van der Waals surface area contributed by atoms with Crippen molar-refractivity contribution in [2.24, 2.45) is 0 Å². The van der Waals surface area contributed by atoms with Gasteiger partial charge in [-0.3, -0.25) is 0 Å². The van der Waals surface area contributed by atoms with Crippen molar-refractivity contribution in [3.63, 3.8) is 0 Å². The van der Waals surface area contributed by atoms with Gasteiger partial charge in [0, 0.05) is 18.8 Å². The van der Waals surface area contributed by atoms with E-state index in [1.165, 1.54) is 43.2 Å². The lowest BCUT2D eigenvalue weighted by Gasteiger charge is -2.22. The Morgan fingerprint density at radius 3 is 2.68 bits per heavy atom. The maximum Gasteiger partial charge on any atom is 0.170 e. The summed E-state index contributed by atoms with van der Waals surface area (Å²) in [6.07, 6.45) is 7.99. The summed E-state index contributed by atoms with van der Waals surface area (Å²) in [4.78, 5) is 0. The number of thiocarbonyl (C=S) groups is 1. The minimum Gasteiger partial charge on any atom is -0.378 e. The molecule has 0 aromatic heterocycles. The smallest absolute Gasteiger partial charge is 0.170 e. The number of ether oxygens (including phenoxy) is 1. The summed E-state index contributed by atoms with van der Waals surface area (Å²) >= 11 is 5.32. The molecule has 3 nitrogen and oxygen atoms in total. The lowest BCUT2D eigenvalue weighted by atomic mass is 9.98. The van der Waals surface area contributed by atoms with E-state index in [9.17, 15) is 0 Å². The second-order valence-corrected chi connectivity index (χ2v) is 6.57. The zero-order valence-electron chi connectivity index (χ0n) is 13.8. The fourth-order valence-electron chi connectivity index (χ4n) is 2.75. The van der Waals surface area contributed by atoms with Gasteiger partial charge in [0.1, 0.15) is 0 Å². The number of aryl methyl sites for hydroxylation is 2. The Morgan fingerprint density at radius 2 is 1.95 bits per heavy atom. The Bertz CT molecular complexity index is 484. The van der Waals surface area contributed by atoms with E-state index >= 15 is 0 Å². The van der Waals surface area contributed by atoms with Crippen molar-refractivity contribution in [2.45, 2.75) is 58.5 Å². The molecule has 0 radical (unpaired) electrons. The van der Waals surface area contributed by atoms with Crippen LogP contribution in [0.25, 0.3) is 0 Å². The summed E-state index contributed by atoms with van der Waals surface area (Å²) in [5.74, 6) is 0. The molecule has 0 unspecified atom stereocenters. The van der Waals surface area contributed by atoms with Crippen LogP contribution >= 0.6 is 12.2 Å². The molecule has 0 bridgehead atoms. The van der Waals surface area contributed by atoms with Crippen LogP contribution in [0.3, 0.4) is 0 Å². The molecule has 0 atom stereocenters. The number of hydrogen-bond acceptors (Lipinski definition) is 2. The van der Waals surface area contributed by atoms with Gasteiger partial charge in [0.25, 0.3) is 0 Å². The van der Waals surface area contributed by atoms with E-state index in [1.807, 2.05) is 0 Å². The third kappa shape index (κ3) is 5.93. The van der Waals surface area contributed by atoms with Crippen molar-refractivity contribution in [3.8, 4) is 0 Å². The average molecular weight is 321 g/mol. The molecule has 0 aliphatic heterocycles. The number of hydrogen-bond donors (Lipinski definition) is 2. The number of benzene rings is 1. The largest absolute Gasteiger partial charge is 0.378 e. The second kappa shape index (κ2) is 9.11. The Kier molecular flexibility index (Phi) is 7.13. The van der Waals surface area contributed by atoms with Crippen molar-refractivity contribution in [2.75, 3.05) is 18.5 Å². The third-order valence-corrected chi connectivity index (χ3v) is 4.52. The monoisotopic (exact) mass is 320 g/mol. The average Bonchev–Trinajstić information content (AvgIpc) is 2.52. The van der Waals surface area contributed by atoms with E-state index in [2.05, 4.69) is 42.7 Å². The molecule has 0 amide bonds. The lowest BCUT2D eigenvalue weighted by molar-refractivity contribution is 0.0277. The Hall–Kier alpha value is -1.13. The molecule has 22 heavy (non-hydrogen) atoms. The summed E-state index contributed by atoms with van der Waals surface area (Å²) in [5.41, 5.74) is 3.61.